The van der Waals surface area contributed by atoms with Crippen LogP contribution in [0.25, 0.3) is 0 Å². The van der Waals surface area contributed by atoms with Gasteiger partial charge in [-0.15, -0.1) is 0 Å². The Bertz CT molecular complexity index is 515. The van der Waals surface area contributed by atoms with Crippen LogP contribution in [0.2, 0.25) is 0 Å². The third-order valence-electron chi connectivity index (χ3n) is 3.55. The molecule has 9 heteroatoms. The van der Waals surface area contributed by atoms with Crippen molar-refractivity contribution in [3.63, 3.8) is 0 Å². The van der Waals surface area contributed by atoms with Crippen molar-refractivity contribution in [1.82, 2.24) is 20.2 Å². The molecule has 1 fully saturated rings. The molecule has 1 N–H and O–H groups in total. The van der Waals surface area contributed by atoms with Gasteiger partial charge in [-0.05, 0) is 6.07 Å². The molecule has 0 atom stereocenters. The first-order valence-electron chi connectivity index (χ1n) is 7.30. The first-order valence-corrected chi connectivity index (χ1v) is 7.30. The molecule has 1 saturated heterocycles. The Morgan fingerprint density at radius 3 is 2.35 bits per heavy atom. The first kappa shape index (κ1) is 17.1. The zero-order valence-electron chi connectivity index (χ0n) is 13.3. The Labute approximate surface area is 134 Å². The molecule has 1 aromatic heterocycles. The molecule has 0 spiro atoms. The van der Waals surface area contributed by atoms with E-state index in [-0.39, 0.29) is 6.54 Å². The van der Waals surface area contributed by atoms with Gasteiger partial charge >= 0.3 is 11.8 Å². The number of methoxy groups -OCH3 is 2. The van der Waals surface area contributed by atoms with Crippen LogP contribution in [0.1, 0.15) is 0 Å². The van der Waals surface area contributed by atoms with E-state index in [2.05, 4.69) is 15.3 Å². The van der Waals surface area contributed by atoms with Gasteiger partial charge in [-0.25, -0.2) is 9.97 Å². The molecular weight excluding hydrogens is 302 g/mol. The standard InChI is InChI=1S/C14H21N5O4/c1-22-11(23-2)10-17-12(20)13(21)18-6-8-19(9-7-18)14-15-4-3-5-16-14/h3-5,11H,6-10H2,1-2H3,(H,17,20). The average molecular weight is 323 g/mol. The second-order valence-corrected chi connectivity index (χ2v) is 4.94. The van der Waals surface area contributed by atoms with Crippen LogP contribution in [0, 0.1) is 0 Å². The van der Waals surface area contributed by atoms with Crippen molar-refractivity contribution < 1.29 is 19.1 Å². The highest BCUT2D eigenvalue weighted by Crippen LogP contribution is 2.09. The maximum absolute atomic E-state index is 12.1. The Hall–Kier alpha value is -2.26. The Morgan fingerprint density at radius 2 is 1.78 bits per heavy atom. The number of nitrogens with zero attached hydrogens (tertiary/aromatic N) is 4. The quantitative estimate of drug-likeness (QED) is 0.540. The molecule has 1 aliphatic rings. The van der Waals surface area contributed by atoms with Crippen LogP contribution in [0.15, 0.2) is 18.5 Å². The van der Waals surface area contributed by atoms with Crippen molar-refractivity contribution >= 4 is 17.8 Å². The number of nitrogens with one attached hydrogen (secondary N) is 1. The third-order valence-corrected chi connectivity index (χ3v) is 3.55. The van der Waals surface area contributed by atoms with Crippen LogP contribution < -0.4 is 10.2 Å². The number of piperazine rings is 1. The largest absolute Gasteiger partial charge is 0.354 e. The van der Waals surface area contributed by atoms with Gasteiger partial charge in [0.15, 0.2) is 6.29 Å². The number of carbonyl (C=O) groups is 2. The van der Waals surface area contributed by atoms with Crippen molar-refractivity contribution in [3.8, 4) is 0 Å². The molecule has 23 heavy (non-hydrogen) atoms. The van der Waals surface area contributed by atoms with E-state index in [9.17, 15) is 9.59 Å². The number of hydrogen-bond acceptors (Lipinski definition) is 7. The zero-order valence-corrected chi connectivity index (χ0v) is 13.3. The Balaban J connectivity index is 1.80. The van der Waals surface area contributed by atoms with E-state index in [0.29, 0.717) is 32.1 Å². The molecule has 0 unspecified atom stereocenters. The lowest BCUT2D eigenvalue weighted by atomic mass is 10.3. The summed E-state index contributed by atoms with van der Waals surface area (Å²) in [4.78, 5) is 35.8. The molecular formula is C14H21N5O4. The van der Waals surface area contributed by atoms with E-state index in [4.69, 9.17) is 9.47 Å². The highest BCUT2D eigenvalue weighted by Gasteiger charge is 2.27. The van der Waals surface area contributed by atoms with Crippen molar-refractivity contribution in [3.05, 3.63) is 18.5 Å². The second-order valence-electron chi connectivity index (χ2n) is 4.94. The molecule has 2 rings (SSSR count). The summed E-state index contributed by atoms with van der Waals surface area (Å²) in [5.74, 6) is -0.579. The number of carbonyl (C=O) groups excluding carboxylic acids is 2. The summed E-state index contributed by atoms with van der Waals surface area (Å²) >= 11 is 0. The number of anilines is 1. The van der Waals surface area contributed by atoms with E-state index < -0.39 is 18.1 Å². The number of hydrogen-bond donors (Lipinski definition) is 1. The van der Waals surface area contributed by atoms with E-state index in [1.54, 1.807) is 18.5 Å². The molecule has 2 amide bonds. The molecule has 0 radical (unpaired) electrons. The fraction of sp³-hybridized carbons (Fsp3) is 0.571. The van der Waals surface area contributed by atoms with Gasteiger partial charge in [0, 0.05) is 52.8 Å². The van der Waals surface area contributed by atoms with E-state index in [0.717, 1.165) is 0 Å². The van der Waals surface area contributed by atoms with Gasteiger partial charge in [-0.2, -0.15) is 0 Å². The summed E-state index contributed by atoms with van der Waals surface area (Å²) in [6.45, 7) is 2.18. The molecule has 2 heterocycles. The van der Waals surface area contributed by atoms with Crippen LogP contribution in [0.4, 0.5) is 5.95 Å². The summed E-state index contributed by atoms with van der Waals surface area (Å²) < 4.78 is 9.91. The Morgan fingerprint density at radius 1 is 1.17 bits per heavy atom. The van der Waals surface area contributed by atoms with Gasteiger partial charge in [0.25, 0.3) is 0 Å². The van der Waals surface area contributed by atoms with Gasteiger partial charge in [-0.3, -0.25) is 9.59 Å². The molecule has 9 nitrogen and oxygen atoms in total. The predicted octanol–water partition coefficient (Wildman–Crippen LogP) is -1.14. The summed E-state index contributed by atoms with van der Waals surface area (Å²) in [6.07, 6.45) is 2.78. The lowest BCUT2D eigenvalue weighted by Crippen LogP contribution is -2.53. The number of ether oxygens (including phenoxy) is 2. The van der Waals surface area contributed by atoms with Gasteiger partial charge in [0.05, 0.1) is 6.54 Å². The molecule has 1 aliphatic heterocycles. The minimum absolute atomic E-state index is 0.120. The van der Waals surface area contributed by atoms with E-state index in [1.165, 1.54) is 19.1 Å². The van der Waals surface area contributed by atoms with Crippen LogP contribution in [0.3, 0.4) is 0 Å². The monoisotopic (exact) mass is 323 g/mol. The molecule has 0 bridgehead atoms. The normalized spacial score (nSPS) is 14.9. The maximum atomic E-state index is 12.1. The number of amides is 2. The molecule has 126 valence electrons. The van der Waals surface area contributed by atoms with Gasteiger partial charge in [0.2, 0.25) is 5.95 Å². The number of aromatic nitrogens is 2. The first-order chi connectivity index (χ1) is 11.2. The van der Waals surface area contributed by atoms with Crippen molar-refractivity contribution in [1.29, 1.82) is 0 Å². The average Bonchev–Trinajstić information content (AvgIpc) is 2.62. The smallest absolute Gasteiger partial charge is 0.312 e. The predicted molar refractivity (Wildman–Crippen MR) is 81.6 cm³/mol. The lowest BCUT2D eigenvalue weighted by Gasteiger charge is -2.34. The van der Waals surface area contributed by atoms with Gasteiger partial charge in [-0.1, -0.05) is 0 Å². The van der Waals surface area contributed by atoms with Crippen LogP contribution in [-0.4, -0.2) is 79.9 Å². The van der Waals surface area contributed by atoms with E-state index in [1.807, 2.05) is 4.90 Å². The second kappa shape index (κ2) is 8.39. The maximum Gasteiger partial charge on any atom is 0.312 e. The van der Waals surface area contributed by atoms with Gasteiger partial charge < -0.3 is 24.6 Å². The fourth-order valence-corrected chi connectivity index (χ4v) is 2.22. The summed E-state index contributed by atoms with van der Waals surface area (Å²) in [5, 5.41) is 2.51. The fourth-order valence-electron chi connectivity index (χ4n) is 2.22. The molecule has 0 aromatic carbocycles. The minimum Gasteiger partial charge on any atom is -0.354 e. The summed E-state index contributed by atoms with van der Waals surface area (Å²) in [5.41, 5.74) is 0. The van der Waals surface area contributed by atoms with Crippen LogP contribution in [-0.2, 0) is 19.1 Å². The SMILES string of the molecule is COC(CNC(=O)C(=O)N1CCN(c2ncccn2)CC1)OC. The topological polar surface area (TPSA) is 96.9 Å². The summed E-state index contributed by atoms with van der Waals surface area (Å²) in [6, 6.07) is 1.75. The van der Waals surface area contributed by atoms with Gasteiger partial charge in [0.1, 0.15) is 0 Å². The minimum atomic E-state index is -0.659. The third kappa shape index (κ3) is 4.60. The van der Waals surface area contributed by atoms with Crippen molar-refractivity contribution in [2.24, 2.45) is 0 Å². The van der Waals surface area contributed by atoms with Crippen LogP contribution >= 0.6 is 0 Å². The molecule has 1 aromatic rings. The zero-order chi connectivity index (χ0) is 16.7. The van der Waals surface area contributed by atoms with E-state index >= 15 is 0 Å². The van der Waals surface area contributed by atoms with Crippen LogP contribution in [0.5, 0.6) is 0 Å². The summed E-state index contributed by atoms with van der Waals surface area (Å²) in [7, 11) is 2.93. The Kier molecular flexibility index (Phi) is 6.24. The van der Waals surface area contributed by atoms with Crippen molar-refractivity contribution in [2.45, 2.75) is 6.29 Å². The molecule has 0 aliphatic carbocycles. The number of rotatable bonds is 5. The lowest BCUT2D eigenvalue weighted by molar-refractivity contribution is -0.148. The highest BCUT2D eigenvalue weighted by molar-refractivity contribution is 6.35. The van der Waals surface area contributed by atoms with Crippen molar-refractivity contribution in [2.75, 3.05) is 51.8 Å². The highest BCUT2D eigenvalue weighted by atomic mass is 16.7. The molecule has 0 saturated carbocycles.